The molecular formula is C18H29FIN3O3. The Balaban J connectivity index is 0.00000338. The van der Waals surface area contributed by atoms with Gasteiger partial charge in [-0.15, -0.1) is 24.0 Å². The molecule has 0 radical (unpaired) electrons. The van der Waals surface area contributed by atoms with E-state index in [9.17, 15) is 4.39 Å². The first kappa shape index (κ1) is 22.9. The molecule has 0 spiro atoms. The van der Waals surface area contributed by atoms with Crippen LogP contribution in [0.1, 0.15) is 25.3 Å². The first-order valence-corrected chi connectivity index (χ1v) is 8.77. The van der Waals surface area contributed by atoms with Crippen LogP contribution in [0.5, 0.6) is 5.75 Å². The molecule has 1 saturated heterocycles. The number of rotatable bonds is 9. The van der Waals surface area contributed by atoms with E-state index in [1.165, 1.54) is 13.2 Å². The fourth-order valence-electron chi connectivity index (χ4n) is 2.49. The fraction of sp³-hybridized carbons (Fsp3) is 0.611. The van der Waals surface area contributed by atoms with Crippen LogP contribution in [0.3, 0.4) is 0 Å². The quantitative estimate of drug-likeness (QED) is 0.246. The maximum absolute atomic E-state index is 13.7. The molecule has 148 valence electrons. The van der Waals surface area contributed by atoms with Gasteiger partial charge in [-0.25, -0.2) is 9.38 Å². The van der Waals surface area contributed by atoms with Crippen LogP contribution in [0, 0.1) is 5.82 Å². The second-order valence-electron chi connectivity index (χ2n) is 5.80. The summed E-state index contributed by atoms with van der Waals surface area (Å²) in [5.74, 6) is 0.578. The zero-order valence-electron chi connectivity index (χ0n) is 15.4. The summed E-state index contributed by atoms with van der Waals surface area (Å²) in [4.78, 5) is 4.48. The Hall–Kier alpha value is -1.13. The lowest BCUT2D eigenvalue weighted by atomic mass is 10.2. The summed E-state index contributed by atoms with van der Waals surface area (Å²) >= 11 is 0. The molecule has 0 saturated carbocycles. The molecule has 2 N–H and O–H groups in total. The second kappa shape index (κ2) is 13.1. The summed E-state index contributed by atoms with van der Waals surface area (Å²) < 4.78 is 29.6. The summed E-state index contributed by atoms with van der Waals surface area (Å²) in [6.45, 7) is 6.13. The van der Waals surface area contributed by atoms with Crippen LogP contribution in [0.15, 0.2) is 23.2 Å². The predicted molar refractivity (Wildman–Crippen MR) is 111 cm³/mol. The van der Waals surface area contributed by atoms with Crippen molar-refractivity contribution in [1.82, 2.24) is 10.6 Å². The molecule has 1 aromatic rings. The van der Waals surface area contributed by atoms with Crippen LogP contribution >= 0.6 is 24.0 Å². The highest BCUT2D eigenvalue weighted by molar-refractivity contribution is 14.0. The van der Waals surface area contributed by atoms with E-state index in [1.54, 1.807) is 6.07 Å². The molecule has 1 atom stereocenters. The molecule has 1 aromatic carbocycles. The van der Waals surface area contributed by atoms with Crippen LogP contribution < -0.4 is 15.4 Å². The Morgan fingerprint density at radius 2 is 2.23 bits per heavy atom. The lowest BCUT2D eigenvalue weighted by Crippen LogP contribution is -2.38. The fourth-order valence-corrected chi connectivity index (χ4v) is 2.49. The molecular weight excluding hydrogens is 452 g/mol. The molecule has 1 aliphatic heterocycles. The van der Waals surface area contributed by atoms with Crippen LogP contribution in [-0.2, 0) is 16.0 Å². The SMILES string of the molecule is CCNC(=NCc1ccc(OC)c(F)c1)NCCCOC1CCOC1.I. The number of hydrogen-bond donors (Lipinski definition) is 2. The number of aliphatic imine (C=N–C) groups is 1. The Kier molecular flexibility index (Phi) is 11.5. The molecule has 1 fully saturated rings. The smallest absolute Gasteiger partial charge is 0.191 e. The number of guanidine groups is 1. The standard InChI is InChI=1S/C18H28FN3O3.HI/c1-3-20-18(21-8-4-9-25-15-7-10-24-13-15)22-12-14-5-6-17(23-2)16(19)11-14;/h5-6,11,15H,3-4,7-10,12-13H2,1-2H3,(H2,20,21,22);1H. The van der Waals surface area contributed by atoms with E-state index in [2.05, 4.69) is 15.6 Å². The average Bonchev–Trinajstić information content (AvgIpc) is 3.13. The summed E-state index contributed by atoms with van der Waals surface area (Å²) in [6, 6.07) is 4.88. The molecule has 0 aliphatic carbocycles. The topological polar surface area (TPSA) is 64.1 Å². The monoisotopic (exact) mass is 481 g/mol. The van der Waals surface area contributed by atoms with Crippen molar-refractivity contribution in [3.8, 4) is 5.75 Å². The molecule has 1 unspecified atom stereocenters. The van der Waals surface area contributed by atoms with E-state index in [0.717, 1.165) is 38.1 Å². The maximum Gasteiger partial charge on any atom is 0.191 e. The Bertz CT molecular complexity index is 554. The Morgan fingerprint density at radius 1 is 1.38 bits per heavy atom. The van der Waals surface area contributed by atoms with Gasteiger partial charge in [-0.05, 0) is 37.5 Å². The van der Waals surface area contributed by atoms with Crippen molar-refractivity contribution in [2.45, 2.75) is 32.4 Å². The van der Waals surface area contributed by atoms with Gasteiger partial charge in [0.2, 0.25) is 0 Å². The van der Waals surface area contributed by atoms with Crippen molar-refractivity contribution in [2.75, 3.05) is 40.0 Å². The summed E-state index contributed by atoms with van der Waals surface area (Å²) in [5.41, 5.74) is 0.792. The van der Waals surface area contributed by atoms with Gasteiger partial charge in [0, 0.05) is 26.3 Å². The number of methoxy groups -OCH3 is 1. The van der Waals surface area contributed by atoms with Crippen molar-refractivity contribution in [3.63, 3.8) is 0 Å². The van der Waals surface area contributed by atoms with Crippen LogP contribution in [-0.4, -0.2) is 52.1 Å². The summed E-state index contributed by atoms with van der Waals surface area (Å²) in [7, 11) is 1.45. The molecule has 8 heteroatoms. The van der Waals surface area contributed by atoms with Crippen LogP contribution in [0.2, 0.25) is 0 Å². The van der Waals surface area contributed by atoms with Crippen molar-refractivity contribution >= 4 is 29.9 Å². The molecule has 0 bridgehead atoms. The molecule has 0 aromatic heterocycles. The Morgan fingerprint density at radius 3 is 2.88 bits per heavy atom. The number of ether oxygens (including phenoxy) is 3. The zero-order valence-corrected chi connectivity index (χ0v) is 17.8. The van der Waals surface area contributed by atoms with Gasteiger partial charge in [0.25, 0.3) is 0 Å². The maximum atomic E-state index is 13.7. The highest BCUT2D eigenvalue weighted by atomic mass is 127. The highest BCUT2D eigenvalue weighted by Gasteiger charge is 2.15. The van der Waals surface area contributed by atoms with Crippen LogP contribution in [0.25, 0.3) is 0 Å². The van der Waals surface area contributed by atoms with Gasteiger partial charge >= 0.3 is 0 Å². The molecule has 6 nitrogen and oxygen atoms in total. The molecule has 1 heterocycles. The predicted octanol–water partition coefficient (Wildman–Crippen LogP) is 2.70. The summed E-state index contributed by atoms with van der Waals surface area (Å²) in [6.07, 6.45) is 2.11. The number of halogens is 2. The van der Waals surface area contributed by atoms with Gasteiger partial charge in [-0.2, -0.15) is 0 Å². The van der Waals surface area contributed by atoms with Gasteiger partial charge in [-0.3, -0.25) is 0 Å². The highest BCUT2D eigenvalue weighted by Crippen LogP contribution is 2.18. The van der Waals surface area contributed by atoms with Gasteiger partial charge in [0.05, 0.1) is 26.4 Å². The van der Waals surface area contributed by atoms with Crippen molar-refractivity contribution in [1.29, 1.82) is 0 Å². The van der Waals surface area contributed by atoms with Crippen molar-refractivity contribution in [2.24, 2.45) is 4.99 Å². The second-order valence-corrected chi connectivity index (χ2v) is 5.80. The van der Waals surface area contributed by atoms with Crippen molar-refractivity contribution < 1.29 is 18.6 Å². The third-order valence-electron chi connectivity index (χ3n) is 3.84. The van der Waals surface area contributed by atoms with E-state index < -0.39 is 0 Å². The van der Waals surface area contributed by atoms with Gasteiger partial charge in [0.15, 0.2) is 17.5 Å². The minimum absolute atomic E-state index is 0. The number of nitrogens with one attached hydrogen (secondary N) is 2. The number of hydrogen-bond acceptors (Lipinski definition) is 4. The Labute approximate surface area is 171 Å². The summed E-state index contributed by atoms with van der Waals surface area (Å²) in [5, 5.41) is 6.44. The number of benzene rings is 1. The average molecular weight is 481 g/mol. The van der Waals surface area contributed by atoms with Crippen LogP contribution in [0.4, 0.5) is 4.39 Å². The lowest BCUT2D eigenvalue weighted by Gasteiger charge is -2.13. The van der Waals surface area contributed by atoms with E-state index in [4.69, 9.17) is 14.2 Å². The van der Waals surface area contributed by atoms with Crippen molar-refractivity contribution in [3.05, 3.63) is 29.6 Å². The van der Waals surface area contributed by atoms with E-state index >= 15 is 0 Å². The van der Waals surface area contributed by atoms with Gasteiger partial charge in [-0.1, -0.05) is 6.07 Å². The third-order valence-corrected chi connectivity index (χ3v) is 3.84. The molecule has 0 amide bonds. The molecule has 26 heavy (non-hydrogen) atoms. The molecule has 1 aliphatic rings. The minimum atomic E-state index is -0.374. The zero-order chi connectivity index (χ0) is 17.9. The minimum Gasteiger partial charge on any atom is -0.494 e. The van der Waals surface area contributed by atoms with Gasteiger partial charge in [0.1, 0.15) is 0 Å². The first-order valence-electron chi connectivity index (χ1n) is 8.77. The first-order chi connectivity index (χ1) is 12.2. The van der Waals surface area contributed by atoms with Gasteiger partial charge < -0.3 is 24.8 Å². The lowest BCUT2D eigenvalue weighted by molar-refractivity contribution is 0.0420. The number of nitrogens with zero attached hydrogens (tertiary/aromatic N) is 1. The molecule has 2 rings (SSSR count). The normalized spacial score (nSPS) is 16.9. The largest absolute Gasteiger partial charge is 0.494 e. The van der Waals surface area contributed by atoms with E-state index in [-0.39, 0.29) is 41.6 Å². The third kappa shape index (κ3) is 8.05. The van der Waals surface area contributed by atoms with E-state index in [0.29, 0.717) is 25.7 Å². The van der Waals surface area contributed by atoms with E-state index in [1.807, 2.05) is 13.0 Å².